The third-order valence-corrected chi connectivity index (χ3v) is 3.48. The minimum atomic E-state index is 0. The summed E-state index contributed by atoms with van der Waals surface area (Å²) in [5, 5.41) is 6.54. The molecule has 0 radical (unpaired) electrons. The lowest BCUT2D eigenvalue weighted by atomic mass is 10.1. The van der Waals surface area contributed by atoms with Crippen LogP contribution >= 0.6 is 24.0 Å². The van der Waals surface area contributed by atoms with Gasteiger partial charge in [-0.1, -0.05) is 36.4 Å². The van der Waals surface area contributed by atoms with E-state index in [2.05, 4.69) is 39.9 Å². The fraction of sp³-hybridized carbons (Fsp3) is 0.316. The molecule has 0 saturated heterocycles. The van der Waals surface area contributed by atoms with E-state index in [-0.39, 0.29) is 24.0 Å². The molecule has 25 heavy (non-hydrogen) atoms. The molecule has 0 saturated carbocycles. The Morgan fingerprint density at radius 3 is 2.40 bits per heavy atom. The summed E-state index contributed by atoms with van der Waals surface area (Å²) in [6.07, 6.45) is 0.960. The molecule has 0 aliphatic rings. The molecule has 0 atom stereocenters. The number of nitrogens with one attached hydrogen (secondary N) is 2. The summed E-state index contributed by atoms with van der Waals surface area (Å²) in [6, 6.07) is 18.0. The molecule has 0 heterocycles. The second kappa shape index (κ2) is 12.4. The molecule has 5 nitrogen and oxygen atoms in total. The monoisotopic (exact) mass is 455 g/mol. The highest BCUT2D eigenvalue weighted by molar-refractivity contribution is 14.0. The molecule has 0 bridgehead atoms. The van der Waals surface area contributed by atoms with Crippen molar-refractivity contribution in [1.29, 1.82) is 0 Å². The van der Waals surface area contributed by atoms with Crippen LogP contribution in [0.25, 0.3) is 0 Å². The van der Waals surface area contributed by atoms with E-state index in [1.807, 2.05) is 30.3 Å². The van der Waals surface area contributed by atoms with E-state index in [4.69, 9.17) is 9.47 Å². The van der Waals surface area contributed by atoms with Crippen LogP contribution in [0.1, 0.15) is 5.56 Å². The van der Waals surface area contributed by atoms with Gasteiger partial charge in [0.25, 0.3) is 0 Å². The van der Waals surface area contributed by atoms with Crippen molar-refractivity contribution in [3.05, 3.63) is 60.2 Å². The lowest BCUT2D eigenvalue weighted by molar-refractivity contribution is 0.319. The second-order valence-corrected chi connectivity index (χ2v) is 5.19. The summed E-state index contributed by atoms with van der Waals surface area (Å²) in [4.78, 5) is 4.21. The molecular weight excluding hydrogens is 429 g/mol. The summed E-state index contributed by atoms with van der Waals surface area (Å²) >= 11 is 0. The van der Waals surface area contributed by atoms with Crippen molar-refractivity contribution >= 4 is 29.9 Å². The molecule has 2 aromatic carbocycles. The Morgan fingerprint density at radius 1 is 0.960 bits per heavy atom. The van der Waals surface area contributed by atoms with E-state index in [0.717, 1.165) is 30.4 Å². The highest BCUT2D eigenvalue weighted by atomic mass is 127. The summed E-state index contributed by atoms with van der Waals surface area (Å²) in [6.45, 7) is 2.05. The minimum absolute atomic E-state index is 0. The van der Waals surface area contributed by atoms with E-state index in [9.17, 15) is 0 Å². The zero-order chi connectivity index (χ0) is 17.0. The Balaban J connectivity index is 0.00000312. The zero-order valence-electron chi connectivity index (χ0n) is 14.7. The normalized spacial score (nSPS) is 10.6. The van der Waals surface area contributed by atoms with Crippen LogP contribution in [0.2, 0.25) is 0 Å². The summed E-state index contributed by atoms with van der Waals surface area (Å²) in [5.74, 6) is 2.36. The number of guanidine groups is 1. The predicted molar refractivity (Wildman–Crippen MR) is 113 cm³/mol. The highest BCUT2D eigenvalue weighted by Crippen LogP contribution is 2.18. The van der Waals surface area contributed by atoms with Gasteiger partial charge in [0.1, 0.15) is 18.1 Å². The van der Waals surface area contributed by atoms with E-state index < -0.39 is 0 Å². The first-order chi connectivity index (χ1) is 11.8. The lowest BCUT2D eigenvalue weighted by Crippen LogP contribution is -2.40. The van der Waals surface area contributed by atoms with Crippen LogP contribution in [0.5, 0.6) is 11.5 Å². The van der Waals surface area contributed by atoms with Crippen molar-refractivity contribution in [3.63, 3.8) is 0 Å². The van der Waals surface area contributed by atoms with Crippen LogP contribution in [0.3, 0.4) is 0 Å². The predicted octanol–water partition coefficient (Wildman–Crippen LogP) is 3.10. The van der Waals surface area contributed by atoms with E-state index in [0.29, 0.717) is 13.2 Å². The SMILES string of the molecule is CN=C(NCCOc1cccc(OC)c1)NCCc1ccccc1.I. The third kappa shape index (κ3) is 8.11. The first-order valence-corrected chi connectivity index (χ1v) is 8.07. The average Bonchev–Trinajstić information content (AvgIpc) is 2.64. The molecule has 136 valence electrons. The van der Waals surface area contributed by atoms with Crippen LogP contribution in [-0.4, -0.2) is 39.8 Å². The van der Waals surface area contributed by atoms with Crippen LogP contribution in [0, 0.1) is 0 Å². The van der Waals surface area contributed by atoms with Gasteiger partial charge in [-0.3, -0.25) is 4.99 Å². The Morgan fingerprint density at radius 2 is 1.68 bits per heavy atom. The Labute approximate surface area is 166 Å². The van der Waals surface area contributed by atoms with Gasteiger partial charge >= 0.3 is 0 Å². The largest absolute Gasteiger partial charge is 0.497 e. The maximum atomic E-state index is 5.69. The Bertz CT molecular complexity index is 636. The summed E-state index contributed by atoms with van der Waals surface area (Å²) in [7, 11) is 3.41. The van der Waals surface area contributed by atoms with Gasteiger partial charge in [0.15, 0.2) is 5.96 Å². The minimum Gasteiger partial charge on any atom is -0.497 e. The quantitative estimate of drug-likeness (QED) is 0.278. The van der Waals surface area contributed by atoms with Crippen LogP contribution in [-0.2, 0) is 6.42 Å². The van der Waals surface area contributed by atoms with Crippen LogP contribution in [0.4, 0.5) is 0 Å². The Kier molecular flexibility index (Phi) is 10.5. The fourth-order valence-electron chi connectivity index (χ4n) is 2.22. The highest BCUT2D eigenvalue weighted by Gasteiger charge is 1.99. The van der Waals surface area contributed by atoms with Gasteiger partial charge in [-0.15, -0.1) is 24.0 Å². The van der Waals surface area contributed by atoms with Crippen LogP contribution in [0.15, 0.2) is 59.6 Å². The van der Waals surface area contributed by atoms with Crippen LogP contribution < -0.4 is 20.1 Å². The third-order valence-electron chi connectivity index (χ3n) is 3.48. The Hall–Kier alpha value is -1.96. The molecule has 0 aliphatic carbocycles. The molecule has 2 rings (SSSR count). The zero-order valence-corrected chi connectivity index (χ0v) is 17.0. The van der Waals surface area contributed by atoms with E-state index >= 15 is 0 Å². The first kappa shape index (κ1) is 21.1. The van der Waals surface area contributed by atoms with Crippen molar-refractivity contribution in [3.8, 4) is 11.5 Å². The number of hydrogen-bond acceptors (Lipinski definition) is 3. The second-order valence-electron chi connectivity index (χ2n) is 5.19. The molecule has 2 N–H and O–H groups in total. The van der Waals surface area contributed by atoms with Gasteiger partial charge in [-0.2, -0.15) is 0 Å². The van der Waals surface area contributed by atoms with Gasteiger partial charge in [-0.05, 0) is 24.1 Å². The standard InChI is InChI=1S/C19H25N3O2.HI/c1-20-19(21-12-11-16-7-4-3-5-8-16)22-13-14-24-18-10-6-9-17(15-18)23-2;/h3-10,15H,11-14H2,1-2H3,(H2,20,21,22);1H. The summed E-state index contributed by atoms with van der Waals surface area (Å²) in [5.41, 5.74) is 1.31. The number of rotatable bonds is 8. The van der Waals surface area contributed by atoms with Crippen molar-refractivity contribution in [2.24, 2.45) is 4.99 Å². The number of nitrogens with zero attached hydrogens (tertiary/aromatic N) is 1. The lowest BCUT2D eigenvalue weighted by Gasteiger charge is -2.13. The molecule has 2 aromatic rings. The molecular formula is C19H26IN3O2. The summed E-state index contributed by atoms with van der Waals surface area (Å²) < 4.78 is 10.9. The number of hydrogen-bond donors (Lipinski definition) is 2. The number of aliphatic imine (C=N–C) groups is 1. The number of methoxy groups -OCH3 is 1. The van der Waals surface area contributed by atoms with Gasteiger partial charge in [0.2, 0.25) is 0 Å². The average molecular weight is 455 g/mol. The maximum Gasteiger partial charge on any atom is 0.191 e. The molecule has 0 aliphatic heterocycles. The molecule has 0 amide bonds. The van der Waals surface area contributed by atoms with Gasteiger partial charge in [0, 0.05) is 19.7 Å². The maximum absolute atomic E-state index is 5.69. The molecule has 0 fully saturated rings. The number of ether oxygens (including phenoxy) is 2. The van der Waals surface area contributed by atoms with Crippen molar-refractivity contribution < 1.29 is 9.47 Å². The topological polar surface area (TPSA) is 54.9 Å². The number of halogens is 1. The molecule has 6 heteroatoms. The fourth-order valence-corrected chi connectivity index (χ4v) is 2.22. The molecule has 0 aromatic heterocycles. The molecule has 0 unspecified atom stereocenters. The van der Waals surface area contributed by atoms with Crippen molar-refractivity contribution in [2.75, 3.05) is 33.9 Å². The van der Waals surface area contributed by atoms with E-state index in [1.165, 1.54) is 5.56 Å². The van der Waals surface area contributed by atoms with Gasteiger partial charge in [-0.25, -0.2) is 0 Å². The molecule has 0 spiro atoms. The van der Waals surface area contributed by atoms with Crippen molar-refractivity contribution in [1.82, 2.24) is 10.6 Å². The van der Waals surface area contributed by atoms with Gasteiger partial charge < -0.3 is 20.1 Å². The van der Waals surface area contributed by atoms with E-state index in [1.54, 1.807) is 14.2 Å². The van der Waals surface area contributed by atoms with Gasteiger partial charge in [0.05, 0.1) is 13.7 Å². The number of benzene rings is 2. The smallest absolute Gasteiger partial charge is 0.191 e. The first-order valence-electron chi connectivity index (χ1n) is 8.07. The van der Waals surface area contributed by atoms with Crippen molar-refractivity contribution in [2.45, 2.75) is 6.42 Å².